The fourth-order valence-electron chi connectivity index (χ4n) is 1.52. The number of nitrogens with zero attached hydrogens (tertiary/aromatic N) is 3. The molecule has 0 aliphatic rings. The van der Waals surface area contributed by atoms with E-state index >= 15 is 0 Å². The van der Waals surface area contributed by atoms with E-state index in [2.05, 4.69) is 25.9 Å². The third-order valence-corrected chi connectivity index (χ3v) is 3.17. The van der Waals surface area contributed by atoms with Gasteiger partial charge < -0.3 is 10.5 Å². The van der Waals surface area contributed by atoms with Gasteiger partial charge in [0.1, 0.15) is 12.0 Å². The first kappa shape index (κ1) is 14.5. The summed E-state index contributed by atoms with van der Waals surface area (Å²) in [7, 11) is 0. The zero-order valence-electron chi connectivity index (χ0n) is 10.1. The lowest BCUT2D eigenvalue weighted by atomic mass is 10.2. The van der Waals surface area contributed by atoms with E-state index < -0.39 is 4.92 Å². The molecule has 104 valence electrons. The number of rotatable bonds is 3. The van der Waals surface area contributed by atoms with Gasteiger partial charge in [0.25, 0.3) is 0 Å². The van der Waals surface area contributed by atoms with Crippen LogP contribution in [-0.4, -0.2) is 14.9 Å². The van der Waals surface area contributed by atoms with Crippen LogP contribution in [0.2, 0.25) is 5.15 Å². The molecule has 2 aromatic rings. The summed E-state index contributed by atoms with van der Waals surface area (Å²) in [5.41, 5.74) is 6.05. The first-order valence-electron chi connectivity index (χ1n) is 5.28. The predicted octanol–water partition coefficient (Wildman–Crippen LogP) is 3.48. The SMILES string of the molecule is Cc1cc(Br)cc([N+](=O)[O-])c1Oc1ncnc(Cl)c1N. The Morgan fingerprint density at radius 1 is 1.45 bits per heavy atom. The molecular formula is C11H8BrClN4O3. The third kappa shape index (κ3) is 2.81. The molecule has 0 fully saturated rings. The van der Waals surface area contributed by atoms with Crippen LogP contribution in [0.25, 0.3) is 0 Å². The molecule has 0 atom stereocenters. The Hall–Kier alpha value is -1.93. The standard InChI is InChI=1S/C11H8BrClN4O3/c1-5-2-6(12)3-7(17(18)19)9(5)20-11-8(14)10(13)15-4-16-11/h2-4H,14H2,1H3. The molecule has 0 radical (unpaired) electrons. The summed E-state index contributed by atoms with van der Waals surface area (Å²) in [4.78, 5) is 18.0. The molecule has 0 bridgehead atoms. The van der Waals surface area contributed by atoms with Gasteiger partial charge in [0, 0.05) is 16.1 Å². The van der Waals surface area contributed by atoms with Crippen molar-refractivity contribution in [3.05, 3.63) is 43.8 Å². The van der Waals surface area contributed by atoms with E-state index in [1.54, 1.807) is 13.0 Å². The summed E-state index contributed by atoms with van der Waals surface area (Å²) >= 11 is 8.95. The van der Waals surface area contributed by atoms with Crippen molar-refractivity contribution in [3.8, 4) is 11.6 Å². The summed E-state index contributed by atoms with van der Waals surface area (Å²) < 4.78 is 6.02. The Balaban J connectivity index is 2.53. The summed E-state index contributed by atoms with van der Waals surface area (Å²) in [6, 6.07) is 3.02. The smallest absolute Gasteiger partial charge is 0.313 e. The number of aromatic nitrogens is 2. The number of nitro groups is 1. The number of nitro benzene ring substituents is 1. The second-order valence-electron chi connectivity index (χ2n) is 3.81. The molecule has 0 unspecified atom stereocenters. The van der Waals surface area contributed by atoms with Gasteiger partial charge in [0.05, 0.1) is 4.92 Å². The van der Waals surface area contributed by atoms with E-state index in [4.69, 9.17) is 22.1 Å². The van der Waals surface area contributed by atoms with Gasteiger partial charge in [0.2, 0.25) is 11.6 Å². The van der Waals surface area contributed by atoms with Gasteiger partial charge in [-0.1, -0.05) is 27.5 Å². The maximum Gasteiger partial charge on any atom is 0.313 e. The summed E-state index contributed by atoms with van der Waals surface area (Å²) in [6.07, 6.45) is 1.16. The van der Waals surface area contributed by atoms with Crippen LogP contribution in [0, 0.1) is 17.0 Å². The maximum atomic E-state index is 11.1. The van der Waals surface area contributed by atoms with Crippen LogP contribution >= 0.6 is 27.5 Å². The van der Waals surface area contributed by atoms with E-state index in [0.29, 0.717) is 10.0 Å². The second-order valence-corrected chi connectivity index (χ2v) is 5.09. The van der Waals surface area contributed by atoms with E-state index in [-0.39, 0.29) is 28.2 Å². The molecule has 1 aromatic carbocycles. The third-order valence-electron chi connectivity index (χ3n) is 2.41. The van der Waals surface area contributed by atoms with Crippen LogP contribution in [0.1, 0.15) is 5.56 Å². The quantitative estimate of drug-likeness (QED) is 0.511. The van der Waals surface area contributed by atoms with E-state index in [1.165, 1.54) is 6.07 Å². The Morgan fingerprint density at radius 2 is 2.15 bits per heavy atom. The average molecular weight is 360 g/mol. The van der Waals surface area contributed by atoms with Gasteiger partial charge in [0.15, 0.2) is 5.15 Å². The Kier molecular flexibility index (Phi) is 4.05. The van der Waals surface area contributed by atoms with Crippen molar-refractivity contribution >= 4 is 38.9 Å². The van der Waals surface area contributed by atoms with E-state index in [0.717, 1.165) is 6.33 Å². The number of ether oxygens (including phenoxy) is 1. The predicted molar refractivity (Wildman–Crippen MR) is 77.1 cm³/mol. The van der Waals surface area contributed by atoms with Crippen molar-refractivity contribution < 1.29 is 9.66 Å². The minimum atomic E-state index is -0.550. The van der Waals surface area contributed by atoms with Crippen molar-refractivity contribution in [2.45, 2.75) is 6.92 Å². The molecule has 2 N–H and O–H groups in total. The molecule has 9 heteroatoms. The van der Waals surface area contributed by atoms with Gasteiger partial charge in [-0.2, -0.15) is 4.98 Å². The van der Waals surface area contributed by atoms with Crippen LogP contribution in [0.15, 0.2) is 22.9 Å². The van der Waals surface area contributed by atoms with E-state index in [9.17, 15) is 10.1 Å². The summed E-state index contributed by atoms with van der Waals surface area (Å²) in [5, 5.41) is 11.1. The lowest BCUT2D eigenvalue weighted by Gasteiger charge is -2.10. The van der Waals surface area contributed by atoms with Gasteiger partial charge in [-0.15, -0.1) is 0 Å². The minimum Gasteiger partial charge on any atom is -0.429 e. The first-order valence-corrected chi connectivity index (χ1v) is 6.45. The van der Waals surface area contributed by atoms with Crippen LogP contribution in [0.3, 0.4) is 0 Å². The molecule has 0 aliphatic carbocycles. The lowest BCUT2D eigenvalue weighted by molar-refractivity contribution is -0.385. The fourth-order valence-corrected chi connectivity index (χ4v) is 2.20. The van der Waals surface area contributed by atoms with Crippen molar-refractivity contribution in [1.82, 2.24) is 9.97 Å². The highest BCUT2D eigenvalue weighted by molar-refractivity contribution is 9.10. The molecule has 0 amide bonds. The Labute approximate surface area is 127 Å². The number of aryl methyl sites for hydroxylation is 1. The van der Waals surface area contributed by atoms with Crippen LogP contribution in [0.5, 0.6) is 11.6 Å². The molecule has 2 rings (SSSR count). The molecule has 1 heterocycles. The topological polar surface area (TPSA) is 104 Å². The molecule has 0 saturated carbocycles. The van der Waals surface area contributed by atoms with Crippen molar-refractivity contribution in [3.63, 3.8) is 0 Å². The van der Waals surface area contributed by atoms with Crippen molar-refractivity contribution in [1.29, 1.82) is 0 Å². The number of hydrogen-bond acceptors (Lipinski definition) is 6. The highest BCUT2D eigenvalue weighted by Crippen LogP contribution is 2.38. The van der Waals surface area contributed by atoms with E-state index in [1.807, 2.05) is 0 Å². The largest absolute Gasteiger partial charge is 0.429 e. The number of nitrogen functional groups attached to an aromatic ring is 1. The highest BCUT2D eigenvalue weighted by atomic mass is 79.9. The first-order chi connectivity index (χ1) is 9.40. The zero-order chi connectivity index (χ0) is 14.9. The number of nitrogens with two attached hydrogens (primary N) is 1. The molecule has 0 spiro atoms. The van der Waals surface area contributed by atoms with Crippen molar-refractivity contribution in [2.24, 2.45) is 0 Å². The molecule has 0 aliphatic heterocycles. The maximum absolute atomic E-state index is 11.1. The van der Waals surface area contributed by atoms with Crippen molar-refractivity contribution in [2.75, 3.05) is 5.73 Å². The monoisotopic (exact) mass is 358 g/mol. The number of halogens is 2. The highest BCUT2D eigenvalue weighted by Gasteiger charge is 2.21. The second kappa shape index (κ2) is 5.59. The lowest BCUT2D eigenvalue weighted by Crippen LogP contribution is -2.01. The minimum absolute atomic E-state index is 0.0192. The summed E-state index contributed by atoms with van der Waals surface area (Å²) in [6.45, 7) is 1.67. The average Bonchev–Trinajstić information content (AvgIpc) is 2.37. The Bertz CT molecular complexity index is 696. The van der Waals surface area contributed by atoms with Crippen LogP contribution in [-0.2, 0) is 0 Å². The van der Waals surface area contributed by atoms with Crippen LogP contribution < -0.4 is 10.5 Å². The summed E-state index contributed by atoms with van der Waals surface area (Å²) in [5.74, 6) is 0.0261. The number of anilines is 1. The molecular weight excluding hydrogens is 352 g/mol. The number of hydrogen-bond donors (Lipinski definition) is 1. The Morgan fingerprint density at radius 3 is 2.80 bits per heavy atom. The normalized spacial score (nSPS) is 10.3. The molecule has 1 aromatic heterocycles. The van der Waals surface area contributed by atoms with Gasteiger partial charge in [-0.25, -0.2) is 4.98 Å². The van der Waals surface area contributed by atoms with Gasteiger partial charge >= 0.3 is 5.69 Å². The van der Waals surface area contributed by atoms with Crippen LogP contribution in [0.4, 0.5) is 11.4 Å². The molecule has 7 nitrogen and oxygen atoms in total. The van der Waals surface area contributed by atoms with Gasteiger partial charge in [-0.05, 0) is 13.0 Å². The fraction of sp³-hybridized carbons (Fsp3) is 0.0909. The number of benzene rings is 1. The van der Waals surface area contributed by atoms with Gasteiger partial charge in [-0.3, -0.25) is 10.1 Å². The molecule has 0 saturated heterocycles. The molecule has 20 heavy (non-hydrogen) atoms. The zero-order valence-corrected chi connectivity index (χ0v) is 12.5.